The summed E-state index contributed by atoms with van der Waals surface area (Å²) in [7, 11) is 0. The fourth-order valence-corrected chi connectivity index (χ4v) is 2.38. The summed E-state index contributed by atoms with van der Waals surface area (Å²) in [6.45, 7) is 4.33. The molecule has 0 spiro atoms. The van der Waals surface area contributed by atoms with E-state index in [9.17, 15) is 14.7 Å². The Hall–Kier alpha value is -2.08. The molecule has 0 aliphatic carbocycles. The van der Waals surface area contributed by atoms with Gasteiger partial charge in [-0.25, -0.2) is 4.79 Å². The lowest BCUT2D eigenvalue weighted by Crippen LogP contribution is -2.51. The minimum atomic E-state index is -1.72. The van der Waals surface area contributed by atoms with Crippen LogP contribution in [-0.2, 0) is 9.59 Å². The van der Waals surface area contributed by atoms with Gasteiger partial charge in [-0.15, -0.1) is 0 Å². The van der Waals surface area contributed by atoms with Gasteiger partial charge in [0.15, 0.2) is 12.2 Å². The SMILES string of the molecule is Cc1ccc(OCC(=O)N2CCC(O)(C(=O)O)CC2)cc1C. The Morgan fingerprint density at radius 2 is 1.86 bits per heavy atom. The van der Waals surface area contributed by atoms with Crippen molar-refractivity contribution in [3.8, 4) is 5.75 Å². The molecule has 0 bridgehead atoms. The average Bonchev–Trinajstić information content (AvgIpc) is 2.49. The highest BCUT2D eigenvalue weighted by molar-refractivity contribution is 5.80. The van der Waals surface area contributed by atoms with E-state index in [-0.39, 0.29) is 38.4 Å². The molecule has 0 atom stereocenters. The summed E-state index contributed by atoms with van der Waals surface area (Å²) in [6, 6.07) is 5.62. The zero-order valence-corrected chi connectivity index (χ0v) is 12.8. The lowest BCUT2D eigenvalue weighted by atomic mass is 9.92. The number of aliphatic carboxylic acids is 1. The van der Waals surface area contributed by atoms with Gasteiger partial charge in [-0.3, -0.25) is 4.79 Å². The van der Waals surface area contributed by atoms with Crippen molar-refractivity contribution in [3.05, 3.63) is 29.3 Å². The molecule has 0 radical (unpaired) electrons. The number of ether oxygens (including phenoxy) is 1. The van der Waals surface area contributed by atoms with Crippen LogP contribution in [0.15, 0.2) is 18.2 Å². The van der Waals surface area contributed by atoms with Gasteiger partial charge in [-0.1, -0.05) is 6.07 Å². The molecular formula is C16H21NO5. The molecule has 6 nitrogen and oxygen atoms in total. The van der Waals surface area contributed by atoms with Crippen molar-refractivity contribution in [2.75, 3.05) is 19.7 Å². The zero-order valence-electron chi connectivity index (χ0n) is 12.8. The molecule has 0 unspecified atom stereocenters. The van der Waals surface area contributed by atoms with Gasteiger partial charge < -0.3 is 19.8 Å². The number of carboxylic acids is 1. The lowest BCUT2D eigenvalue weighted by molar-refractivity contribution is -0.165. The van der Waals surface area contributed by atoms with E-state index in [0.29, 0.717) is 5.75 Å². The van der Waals surface area contributed by atoms with Crippen LogP contribution in [0.1, 0.15) is 24.0 Å². The highest BCUT2D eigenvalue weighted by Crippen LogP contribution is 2.23. The lowest BCUT2D eigenvalue weighted by Gasteiger charge is -2.35. The molecule has 2 N–H and O–H groups in total. The minimum absolute atomic E-state index is 0.0394. The summed E-state index contributed by atoms with van der Waals surface area (Å²) < 4.78 is 5.49. The molecule has 2 rings (SSSR count). The predicted octanol–water partition coefficient (Wildman–Crippen LogP) is 1.12. The van der Waals surface area contributed by atoms with Crippen LogP contribution in [0.5, 0.6) is 5.75 Å². The third-order valence-corrected chi connectivity index (χ3v) is 4.18. The fraction of sp³-hybridized carbons (Fsp3) is 0.500. The Bertz CT molecular complexity index is 576. The molecule has 1 amide bonds. The number of likely N-dealkylation sites (tertiary alicyclic amines) is 1. The van der Waals surface area contributed by atoms with Crippen molar-refractivity contribution in [2.24, 2.45) is 0 Å². The van der Waals surface area contributed by atoms with Gasteiger partial charge in [0, 0.05) is 25.9 Å². The van der Waals surface area contributed by atoms with Crippen molar-refractivity contribution >= 4 is 11.9 Å². The van der Waals surface area contributed by atoms with E-state index in [0.717, 1.165) is 11.1 Å². The first-order chi connectivity index (χ1) is 10.3. The number of benzene rings is 1. The number of aryl methyl sites for hydroxylation is 2. The quantitative estimate of drug-likeness (QED) is 0.870. The van der Waals surface area contributed by atoms with Crippen LogP contribution in [0.3, 0.4) is 0 Å². The number of hydrogen-bond acceptors (Lipinski definition) is 4. The average molecular weight is 307 g/mol. The molecule has 0 saturated carbocycles. The second kappa shape index (κ2) is 6.36. The van der Waals surface area contributed by atoms with Crippen molar-refractivity contribution in [1.29, 1.82) is 0 Å². The highest BCUT2D eigenvalue weighted by atomic mass is 16.5. The van der Waals surface area contributed by atoms with Gasteiger partial charge in [0.2, 0.25) is 0 Å². The second-order valence-electron chi connectivity index (χ2n) is 5.75. The third-order valence-electron chi connectivity index (χ3n) is 4.18. The first-order valence-corrected chi connectivity index (χ1v) is 7.25. The molecule has 1 aliphatic heterocycles. The van der Waals surface area contributed by atoms with Crippen LogP contribution >= 0.6 is 0 Å². The zero-order chi connectivity index (χ0) is 16.3. The van der Waals surface area contributed by atoms with E-state index in [2.05, 4.69) is 0 Å². The number of piperidine rings is 1. The second-order valence-corrected chi connectivity index (χ2v) is 5.75. The summed E-state index contributed by atoms with van der Waals surface area (Å²) in [6.07, 6.45) is 0.0788. The molecule has 0 aromatic heterocycles. The molecule has 6 heteroatoms. The summed E-state index contributed by atoms with van der Waals surface area (Å²) >= 11 is 0. The molecule has 1 fully saturated rings. The van der Waals surface area contributed by atoms with E-state index in [1.165, 1.54) is 4.90 Å². The van der Waals surface area contributed by atoms with E-state index >= 15 is 0 Å². The van der Waals surface area contributed by atoms with Gasteiger partial charge in [0.1, 0.15) is 5.75 Å². The highest BCUT2D eigenvalue weighted by Gasteiger charge is 2.40. The number of nitrogens with zero attached hydrogens (tertiary/aromatic N) is 1. The minimum Gasteiger partial charge on any atom is -0.484 e. The number of carbonyl (C=O) groups excluding carboxylic acids is 1. The van der Waals surface area contributed by atoms with Gasteiger partial charge in [0.05, 0.1) is 0 Å². The Labute approximate surface area is 129 Å². The van der Waals surface area contributed by atoms with Crippen LogP contribution < -0.4 is 4.74 Å². The molecule has 1 aliphatic rings. The van der Waals surface area contributed by atoms with Crippen LogP contribution in [0.4, 0.5) is 0 Å². The monoisotopic (exact) mass is 307 g/mol. The molecule has 120 valence electrons. The molecule has 22 heavy (non-hydrogen) atoms. The Morgan fingerprint density at radius 1 is 1.23 bits per heavy atom. The summed E-state index contributed by atoms with van der Waals surface area (Å²) in [4.78, 5) is 24.5. The molecule has 1 aromatic rings. The van der Waals surface area contributed by atoms with E-state index in [1.807, 2.05) is 32.0 Å². The molecule has 1 saturated heterocycles. The molecule has 1 heterocycles. The Balaban J connectivity index is 1.86. The van der Waals surface area contributed by atoms with E-state index in [4.69, 9.17) is 9.84 Å². The maximum Gasteiger partial charge on any atom is 0.335 e. The number of aliphatic hydroxyl groups is 1. The first kappa shape index (κ1) is 16.3. The van der Waals surface area contributed by atoms with E-state index < -0.39 is 11.6 Å². The smallest absolute Gasteiger partial charge is 0.335 e. The van der Waals surface area contributed by atoms with Crippen LogP contribution in [0.2, 0.25) is 0 Å². The normalized spacial score (nSPS) is 17.1. The number of hydrogen-bond donors (Lipinski definition) is 2. The third kappa shape index (κ3) is 3.57. The summed E-state index contributed by atoms with van der Waals surface area (Å²) in [5.74, 6) is -0.799. The maximum atomic E-state index is 12.1. The van der Waals surface area contributed by atoms with Crippen molar-refractivity contribution in [2.45, 2.75) is 32.3 Å². The Kier molecular flexibility index (Phi) is 4.71. The number of carbonyl (C=O) groups is 2. The largest absolute Gasteiger partial charge is 0.484 e. The van der Waals surface area contributed by atoms with Crippen molar-refractivity contribution in [3.63, 3.8) is 0 Å². The molecule has 1 aromatic carbocycles. The van der Waals surface area contributed by atoms with Gasteiger partial charge in [-0.2, -0.15) is 0 Å². The number of amides is 1. The fourth-order valence-electron chi connectivity index (χ4n) is 2.38. The van der Waals surface area contributed by atoms with Gasteiger partial charge >= 0.3 is 5.97 Å². The van der Waals surface area contributed by atoms with Crippen LogP contribution in [-0.4, -0.2) is 52.3 Å². The van der Waals surface area contributed by atoms with Crippen molar-refractivity contribution in [1.82, 2.24) is 4.90 Å². The van der Waals surface area contributed by atoms with Gasteiger partial charge in [0.25, 0.3) is 5.91 Å². The summed E-state index contributed by atoms with van der Waals surface area (Å²) in [5.41, 5.74) is 0.531. The number of rotatable bonds is 4. The maximum absolute atomic E-state index is 12.1. The van der Waals surface area contributed by atoms with Crippen LogP contribution in [0, 0.1) is 13.8 Å². The molecular weight excluding hydrogens is 286 g/mol. The first-order valence-electron chi connectivity index (χ1n) is 7.25. The predicted molar refractivity (Wildman–Crippen MR) is 79.8 cm³/mol. The topological polar surface area (TPSA) is 87.1 Å². The summed E-state index contributed by atoms with van der Waals surface area (Å²) in [5, 5.41) is 18.8. The van der Waals surface area contributed by atoms with Crippen LogP contribution in [0.25, 0.3) is 0 Å². The standard InChI is InChI=1S/C16H21NO5/c1-11-3-4-13(9-12(11)2)22-10-14(18)17-7-5-16(21,6-8-17)15(19)20/h3-4,9,21H,5-8,10H2,1-2H3,(H,19,20). The van der Waals surface area contributed by atoms with E-state index in [1.54, 1.807) is 0 Å². The van der Waals surface area contributed by atoms with Crippen molar-refractivity contribution < 1.29 is 24.5 Å². The van der Waals surface area contributed by atoms with Gasteiger partial charge in [-0.05, 0) is 37.1 Å². The Morgan fingerprint density at radius 3 is 2.41 bits per heavy atom. The number of carboxylic acid groups (broad SMARTS) is 1.